The number of aromatic amines is 2. The molecule has 0 saturated heterocycles. The number of fused-ring (bicyclic) bond motifs is 6. The number of para-hydroxylation sites is 1. The van der Waals surface area contributed by atoms with Gasteiger partial charge in [0.15, 0.2) is 5.75 Å². The molecule has 4 aromatic rings. The summed E-state index contributed by atoms with van der Waals surface area (Å²) in [6.45, 7) is 1.46. The van der Waals surface area contributed by atoms with E-state index >= 15 is 0 Å². The molecule has 0 fully saturated rings. The van der Waals surface area contributed by atoms with E-state index < -0.39 is 0 Å². The van der Waals surface area contributed by atoms with E-state index in [4.69, 9.17) is 4.74 Å². The third kappa shape index (κ3) is 2.18. The third-order valence-electron chi connectivity index (χ3n) is 5.09. The van der Waals surface area contributed by atoms with E-state index in [1.807, 2.05) is 7.05 Å². The van der Waals surface area contributed by atoms with Gasteiger partial charge in [-0.3, -0.25) is 0 Å². The summed E-state index contributed by atoms with van der Waals surface area (Å²) in [7, 11) is 1.95. The highest BCUT2D eigenvalue weighted by atomic mass is 16.5. The summed E-state index contributed by atoms with van der Waals surface area (Å²) in [6.07, 6.45) is 6.66. The molecule has 0 atom stereocenters. The number of hydrogen-bond acceptors (Lipinski definition) is 2. The number of H-pyrrole nitrogens is 2. The molecule has 1 aliphatic rings. The van der Waals surface area contributed by atoms with Gasteiger partial charge in [0.05, 0.1) is 11.0 Å². The Balaban J connectivity index is 1.85. The number of likely N-dealkylation sites (N-methyl/N-ethyl adjacent to an activating group) is 1. The summed E-state index contributed by atoms with van der Waals surface area (Å²) in [4.78, 5) is 7.19. The van der Waals surface area contributed by atoms with Crippen molar-refractivity contribution in [3.8, 4) is 5.75 Å². The Kier molecular flexibility index (Phi) is 3.31. The number of nitrogens with one attached hydrogen (secondary N) is 3. The molecule has 0 aliphatic heterocycles. The molecule has 0 spiro atoms. The van der Waals surface area contributed by atoms with Crippen LogP contribution >= 0.6 is 0 Å². The first-order chi connectivity index (χ1) is 12.4. The van der Waals surface area contributed by atoms with Crippen molar-refractivity contribution in [1.82, 2.24) is 15.3 Å². The van der Waals surface area contributed by atoms with Gasteiger partial charge in [-0.25, -0.2) is 0 Å². The third-order valence-corrected chi connectivity index (χ3v) is 5.09. The molecule has 25 heavy (non-hydrogen) atoms. The van der Waals surface area contributed by atoms with Crippen molar-refractivity contribution in [2.45, 2.75) is 12.8 Å². The second-order valence-electron chi connectivity index (χ2n) is 6.63. The van der Waals surface area contributed by atoms with E-state index in [-0.39, 0.29) is 0 Å². The van der Waals surface area contributed by atoms with Crippen LogP contribution in [0.4, 0.5) is 0 Å². The number of hydrogen-bond donors (Lipinski definition) is 3. The predicted octanol–water partition coefficient (Wildman–Crippen LogP) is 4.36. The van der Waals surface area contributed by atoms with Crippen LogP contribution in [0.2, 0.25) is 0 Å². The molecule has 0 saturated carbocycles. The minimum atomic E-state index is 0.638. The van der Waals surface area contributed by atoms with Gasteiger partial charge in [-0.2, -0.15) is 0 Å². The maximum Gasteiger partial charge on any atom is 0.167 e. The molecule has 4 nitrogen and oxygen atoms in total. The summed E-state index contributed by atoms with van der Waals surface area (Å²) < 4.78 is 6.23. The van der Waals surface area contributed by atoms with Crippen molar-refractivity contribution in [2.75, 3.05) is 20.2 Å². The largest absolute Gasteiger partial charge is 0.488 e. The molecule has 5 rings (SSSR count). The Morgan fingerprint density at radius 1 is 1.08 bits per heavy atom. The highest BCUT2D eigenvalue weighted by Crippen LogP contribution is 2.41. The van der Waals surface area contributed by atoms with Crippen molar-refractivity contribution in [1.29, 1.82) is 0 Å². The summed E-state index contributed by atoms with van der Waals surface area (Å²) in [6, 6.07) is 10.8. The number of benzene rings is 2. The molecule has 3 N–H and O–H groups in total. The summed E-state index contributed by atoms with van der Waals surface area (Å²) in [5.41, 5.74) is 5.95. The molecule has 0 bridgehead atoms. The van der Waals surface area contributed by atoms with Crippen LogP contribution in [0.15, 0.2) is 36.4 Å². The molecule has 0 amide bonds. The molecule has 2 aromatic heterocycles. The highest BCUT2D eigenvalue weighted by molar-refractivity contribution is 6.16. The van der Waals surface area contributed by atoms with E-state index in [1.165, 1.54) is 27.4 Å². The first-order valence-electron chi connectivity index (χ1n) is 8.88. The summed E-state index contributed by atoms with van der Waals surface area (Å²) >= 11 is 0. The van der Waals surface area contributed by atoms with Gasteiger partial charge in [-0.1, -0.05) is 30.4 Å². The second kappa shape index (κ2) is 5.67. The lowest BCUT2D eigenvalue weighted by Crippen LogP contribution is -2.16. The van der Waals surface area contributed by atoms with Crippen molar-refractivity contribution in [3.05, 3.63) is 47.7 Å². The monoisotopic (exact) mass is 331 g/mol. The van der Waals surface area contributed by atoms with Crippen LogP contribution in [-0.2, 0) is 6.42 Å². The normalized spacial score (nSPS) is 13.8. The number of aryl methyl sites for hydroxylation is 1. The Morgan fingerprint density at radius 3 is 2.88 bits per heavy atom. The van der Waals surface area contributed by atoms with Crippen molar-refractivity contribution >= 4 is 38.8 Å². The molecule has 1 aliphatic carbocycles. The van der Waals surface area contributed by atoms with E-state index in [2.05, 4.69) is 57.8 Å². The van der Waals surface area contributed by atoms with Crippen LogP contribution in [0.1, 0.15) is 17.7 Å². The Hall–Kier alpha value is -2.72. The van der Waals surface area contributed by atoms with Gasteiger partial charge in [-0.15, -0.1) is 0 Å². The topological polar surface area (TPSA) is 52.8 Å². The first-order valence-corrected chi connectivity index (χ1v) is 8.88. The Bertz CT molecular complexity index is 1120. The van der Waals surface area contributed by atoms with Crippen LogP contribution in [0.25, 0.3) is 38.8 Å². The first kappa shape index (κ1) is 14.6. The SMILES string of the molecule is CNCCOc1c2[nH]c3c(c2cc2c1[nH]c1ccccc12)C=CCC3. The highest BCUT2D eigenvalue weighted by Gasteiger charge is 2.20. The maximum absolute atomic E-state index is 6.23. The lowest BCUT2D eigenvalue weighted by atomic mass is 10.0. The van der Waals surface area contributed by atoms with Gasteiger partial charge in [0.1, 0.15) is 6.61 Å². The number of ether oxygens (including phenoxy) is 1. The number of rotatable bonds is 4. The van der Waals surface area contributed by atoms with Gasteiger partial charge in [0.2, 0.25) is 0 Å². The van der Waals surface area contributed by atoms with Gasteiger partial charge in [-0.05, 0) is 32.0 Å². The molecule has 0 radical (unpaired) electrons. The van der Waals surface area contributed by atoms with E-state index in [1.54, 1.807) is 0 Å². The van der Waals surface area contributed by atoms with Crippen LogP contribution in [0.3, 0.4) is 0 Å². The lowest BCUT2D eigenvalue weighted by molar-refractivity contribution is 0.324. The minimum Gasteiger partial charge on any atom is -0.488 e. The van der Waals surface area contributed by atoms with Gasteiger partial charge in [0, 0.05) is 39.5 Å². The van der Waals surface area contributed by atoms with Gasteiger partial charge >= 0.3 is 0 Å². The average molecular weight is 331 g/mol. The molecular formula is C21H21N3O. The van der Waals surface area contributed by atoms with Crippen LogP contribution in [0.5, 0.6) is 5.75 Å². The van der Waals surface area contributed by atoms with Crippen molar-refractivity contribution in [2.24, 2.45) is 0 Å². The van der Waals surface area contributed by atoms with Crippen molar-refractivity contribution < 1.29 is 4.74 Å². The van der Waals surface area contributed by atoms with E-state index in [9.17, 15) is 0 Å². The van der Waals surface area contributed by atoms with Crippen LogP contribution < -0.4 is 10.1 Å². The smallest absolute Gasteiger partial charge is 0.167 e. The molecule has 4 heteroatoms. The van der Waals surface area contributed by atoms with Crippen LogP contribution in [-0.4, -0.2) is 30.2 Å². The molecular weight excluding hydrogens is 310 g/mol. The average Bonchev–Trinajstić information content (AvgIpc) is 3.20. The van der Waals surface area contributed by atoms with E-state index in [0.29, 0.717) is 6.61 Å². The summed E-state index contributed by atoms with van der Waals surface area (Å²) in [5.74, 6) is 0.932. The minimum absolute atomic E-state index is 0.638. The number of allylic oxidation sites excluding steroid dienone is 1. The van der Waals surface area contributed by atoms with Gasteiger partial charge in [0.25, 0.3) is 0 Å². The fraction of sp³-hybridized carbons (Fsp3) is 0.238. The fourth-order valence-electron chi connectivity index (χ4n) is 3.89. The van der Waals surface area contributed by atoms with Crippen LogP contribution in [0, 0.1) is 0 Å². The standard InChI is InChI=1S/C21H21N3O/c1-22-10-11-25-21-19-15(13-6-2-4-8-17(13)23-19)12-16-14-7-3-5-9-18(14)24-20(16)21/h2-4,6-8,12,22-24H,5,9-11H2,1H3. The second-order valence-corrected chi connectivity index (χ2v) is 6.63. The molecule has 126 valence electrons. The quantitative estimate of drug-likeness (QED) is 0.487. The summed E-state index contributed by atoms with van der Waals surface area (Å²) in [5, 5.41) is 6.87. The Labute approximate surface area is 145 Å². The Morgan fingerprint density at radius 2 is 1.96 bits per heavy atom. The molecule has 2 aromatic carbocycles. The zero-order chi connectivity index (χ0) is 16.8. The molecule has 0 unspecified atom stereocenters. The fourth-order valence-corrected chi connectivity index (χ4v) is 3.89. The number of aromatic nitrogens is 2. The zero-order valence-corrected chi connectivity index (χ0v) is 14.3. The van der Waals surface area contributed by atoms with E-state index in [0.717, 1.165) is 41.7 Å². The maximum atomic E-state index is 6.23. The van der Waals surface area contributed by atoms with Gasteiger partial charge < -0.3 is 20.0 Å². The molecule has 2 heterocycles. The van der Waals surface area contributed by atoms with Crippen molar-refractivity contribution in [3.63, 3.8) is 0 Å². The predicted molar refractivity (Wildman–Crippen MR) is 104 cm³/mol. The lowest BCUT2D eigenvalue weighted by Gasteiger charge is -2.09. The zero-order valence-electron chi connectivity index (χ0n) is 14.3.